The van der Waals surface area contributed by atoms with Gasteiger partial charge in [-0.2, -0.15) is 0 Å². The maximum absolute atomic E-state index is 11.2. The van der Waals surface area contributed by atoms with Crippen LogP contribution in [0, 0.1) is 0 Å². The van der Waals surface area contributed by atoms with Crippen LogP contribution in [0.1, 0.15) is 84.0 Å². The lowest BCUT2D eigenvalue weighted by Crippen LogP contribution is -2.08. The summed E-state index contributed by atoms with van der Waals surface area (Å²) in [7, 11) is 0. The number of ether oxygens (including phenoxy) is 1. The zero-order valence-corrected chi connectivity index (χ0v) is 16.3. The van der Waals surface area contributed by atoms with E-state index >= 15 is 0 Å². The molecule has 0 aromatic rings. The van der Waals surface area contributed by atoms with E-state index < -0.39 is 11.9 Å². The monoisotopic (exact) mass is 364 g/mol. The zero-order valence-electron chi connectivity index (χ0n) is 16.3. The molecule has 0 fully saturated rings. The third-order valence-corrected chi connectivity index (χ3v) is 3.84. The maximum atomic E-state index is 11.2. The SMILES string of the molecule is CCCCC/C=C\C/C=C\C/C=C\CCCCCOC(=O)CCC(=O)O. The Morgan fingerprint density at radius 1 is 0.769 bits per heavy atom. The molecule has 148 valence electrons. The topological polar surface area (TPSA) is 63.6 Å². The van der Waals surface area contributed by atoms with Crippen molar-refractivity contribution in [1.82, 2.24) is 0 Å². The fourth-order valence-corrected chi connectivity index (χ4v) is 2.30. The third-order valence-electron chi connectivity index (χ3n) is 3.84. The molecule has 0 atom stereocenters. The molecule has 0 saturated heterocycles. The number of allylic oxidation sites excluding steroid dienone is 6. The molecular formula is C22H36O4. The summed E-state index contributed by atoms with van der Waals surface area (Å²) in [6, 6.07) is 0. The van der Waals surface area contributed by atoms with Gasteiger partial charge in [-0.3, -0.25) is 9.59 Å². The number of rotatable bonds is 17. The number of carbonyl (C=O) groups is 2. The molecule has 0 rings (SSSR count). The number of unbranched alkanes of at least 4 members (excludes halogenated alkanes) is 6. The van der Waals surface area contributed by atoms with Crippen LogP contribution in [0.15, 0.2) is 36.5 Å². The summed E-state index contributed by atoms with van der Waals surface area (Å²) in [5.74, 6) is -1.39. The molecule has 0 aromatic heterocycles. The van der Waals surface area contributed by atoms with E-state index in [0.717, 1.165) is 38.5 Å². The highest BCUT2D eigenvalue weighted by atomic mass is 16.5. The first kappa shape index (κ1) is 24.2. The minimum Gasteiger partial charge on any atom is -0.481 e. The summed E-state index contributed by atoms with van der Waals surface area (Å²) in [4.78, 5) is 21.5. The predicted octanol–water partition coefficient (Wildman–Crippen LogP) is 5.98. The molecule has 0 aliphatic rings. The Balaban J connectivity index is 3.36. The van der Waals surface area contributed by atoms with Gasteiger partial charge in [0.15, 0.2) is 0 Å². The van der Waals surface area contributed by atoms with Gasteiger partial charge in [0.2, 0.25) is 0 Å². The van der Waals surface area contributed by atoms with Crippen molar-refractivity contribution in [2.75, 3.05) is 6.61 Å². The van der Waals surface area contributed by atoms with Crippen molar-refractivity contribution < 1.29 is 19.4 Å². The van der Waals surface area contributed by atoms with E-state index in [1.165, 1.54) is 25.7 Å². The highest BCUT2D eigenvalue weighted by Gasteiger charge is 2.05. The average Bonchev–Trinajstić information content (AvgIpc) is 2.62. The predicted molar refractivity (Wildman–Crippen MR) is 107 cm³/mol. The van der Waals surface area contributed by atoms with Crippen molar-refractivity contribution in [2.45, 2.75) is 84.0 Å². The van der Waals surface area contributed by atoms with Gasteiger partial charge < -0.3 is 9.84 Å². The molecule has 4 heteroatoms. The van der Waals surface area contributed by atoms with Gasteiger partial charge in [-0.15, -0.1) is 0 Å². The lowest BCUT2D eigenvalue weighted by molar-refractivity contribution is -0.147. The van der Waals surface area contributed by atoms with Gasteiger partial charge in [-0.05, 0) is 51.4 Å². The van der Waals surface area contributed by atoms with Crippen LogP contribution < -0.4 is 0 Å². The smallest absolute Gasteiger partial charge is 0.306 e. The van der Waals surface area contributed by atoms with Gasteiger partial charge in [0.05, 0.1) is 19.4 Å². The van der Waals surface area contributed by atoms with Crippen LogP contribution in [0.4, 0.5) is 0 Å². The van der Waals surface area contributed by atoms with Crippen molar-refractivity contribution in [3.8, 4) is 0 Å². The molecular weight excluding hydrogens is 328 g/mol. The summed E-state index contributed by atoms with van der Waals surface area (Å²) in [6.07, 6.45) is 24.2. The second kappa shape index (κ2) is 19.5. The number of carboxylic acids is 1. The number of hydrogen-bond donors (Lipinski definition) is 1. The molecule has 0 unspecified atom stereocenters. The third kappa shape index (κ3) is 20.2. The number of carboxylic acid groups (broad SMARTS) is 1. The highest BCUT2D eigenvalue weighted by molar-refractivity contribution is 5.76. The summed E-state index contributed by atoms with van der Waals surface area (Å²) in [5.41, 5.74) is 0. The van der Waals surface area contributed by atoms with E-state index in [1.807, 2.05) is 0 Å². The van der Waals surface area contributed by atoms with Crippen molar-refractivity contribution >= 4 is 11.9 Å². The Kier molecular flexibility index (Phi) is 18.1. The number of esters is 1. The Morgan fingerprint density at radius 3 is 1.92 bits per heavy atom. The van der Waals surface area contributed by atoms with Gasteiger partial charge in [-0.25, -0.2) is 0 Å². The first-order chi connectivity index (χ1) is 12.7. The average molecular weight is 365 g/mol. The molecule has 0 bridgehead atoms. The van der Waals surface area contributed by atoms with E-state index in [2.05, 4.69) is 43.4 Å². The van der Waals surface area contributed by atoms with E-state index in [4.69, 9.17) is 9.84 Å². The first-order valence-corrected chi connectivity index (χ1v) is 9.99. The zero-order chi connectivity index (χ0) is 19.3. The van der Waals surface area contributed by atoms with Crippen LogP contribution in [-0.4, -0.2) is 23.7 Å². The van der Waals surface area contributed by atoms with E-state index in [9.17, 15) is 9.59 Å². The minimum absolute atomic E-state index is 0.0414. The molecule has 0 aromatic carbocycles. The van der Waals surface area contributed by atoms with Crippen molar-refractivity contribution in [1.29, 1.82) is 0 Å². The van der Waals surface area contributed by atoms with Crippen molar-refractivity contribution in [3.63, 3.8) is 0 Å². The second-order valence-electron chi connectivity index (χ2n) is 6.34. The number of hydrogen-bond acceptors (Lipinski definition) is 3. The molecule has 1 N–H and O–H groups in total. The largest absolute Gasteiger partial charge is 0.481 e. The molecule has 0 aliphatic heterocycles. The Labute approximate surface area is 159 Å². The van der Waals surface area contributed by atoms with Crippen LogP contribution >= 0.6 is 0 Å². The van der Waals surface area contributed by atoms with Crippen molar-refractivity contribution in [3.05, 3.63) is 36.5 Å². The summed E-state index contributed by atoms with van der Waals surface area (Å²) in [5, 5.41) is 8.46. The lowest BCUT2D eigenvalue weighted by Gasteiger charge is -2.03. The van der Waals surface area contributed by atoms with Crippen LogP contribution in [0.25, 0.3) is 0 Å². The Morgan fingerprint density at radius 2 is 1.35 bits per heavy atom. The van der Waals surface area contributed by atoms with E-state index in [0.29, 0.717) is 6.61 Å². The fraction of sp³-hybridized carbons (Fsp3) is 0.636. The molecule has 0 amide bonds. The van der Waals surface area contributed by atoms with Crippen LogP contribution in [0.3, 0.4) is 0 Å². The van der Waals surface area contributed by atoms with Crippen molar-refractivity contribution in [2.24, 2.45) is 0 Å². The molecule has 26 heavy (non-hydrogen) atoms. The van der Waals surface area contributed by atoms with Crippen LogP contribution in [-0.2, 0) is 14.3 Å². The van der Waals surface area contributed by atoms with Gasteiger partial charge in [0, 0.05) is 0 Å². The fourth-order valence-electron chi connectivity index (χ4n) is 2.30. The Hall–Kier alpha value is -1.84. The lowest BCUT2D eigenvalue weighted by atomic mass is 10.2. The molecule has 4 nitrogen and oxygen atoms in total. The molecule has 0 aliphatic carbocycles. The summed E-state index contributed by atoms with van der Waals surface area (Å²) >= 11 is 0. The quantitative estimate of drug-likeness (QED) is 0.196. The van der Waals surface area contributed by atoms with E-state index in [-0.39, 0.29) is 12.8 Å². The number of carbonyl (C=O) groups excluding carboxylic acids is 1. The van der Waals surface area contributed by atoms with Crippen LogP contribution in [0.5, 0.6) is 0 Å². The van der Waals surface area contributed by atoms with Gasteiger partial charge in [0.25, 0.3) is 0 Å². The van der Waals surface area contributed by atoms with Crippen LogP contribution in [0.2, 0.25) is 0 Å². The molecule has 0 heterocycles. The molecule has 0 spiro atoms. The summed E-state index contributed by atoms with van der Waals surface area (Å²) in [6.45, 7) is 2.61. The maximum Gasteiger partial charge on any atom is 0.306 e. The highest BCUT2D eigenvalue weighted by Crippen LogP contribution is 2.04. The van der Waals surface area contributed by atoms with Gasteiger partial charge in [0.1, 0.15) is 0 Å². The van der Waals surface area contributed by atoms with Gasteiger partial charge >= 0.3 is 11.9 Å². The van der Waals surface area contributed by atoms with Gasteiger partial charge in [-0.1, -0.05) is 56.2 Å². The molecule has 0 radical (unpaired) electrons. The second-order valence-corrected chi connectivity index (χ2v) is 6.34. The normalized spacial score (nSPS) is 11.7. The number of aliphatic carboxylic acids is 1. The summed E-state index contributed by atoms with van der Waals surface area (Å²) < 4.78 is 4.98. The Bertz CT molecular complexity index is 435. The molecule has 0 saturated carbocycles. The first-order valence-electron chi connectivity index (χ1n) is 9.99. The van der Waals surface area contributed by atoms with E-state index in [1.54, 1.807) is 0 Å². The standard InChI is InChI=1S/C22H36O4/c1-2-3-4-5-6-7-8-9-10-11-12-13-14-15-16-17-20-26-22(25)19-18-21(23)24/h6-7,9-10,12-13H,2-5,8,11,14-20H2,1H3,(H,23,24)/b7-6-,10-9-,13-12-. The minimum atomic E-state index is -0.970.